The lowest BCUT2D eigenvalue weighted by molar-refractivity contribution is 0.207. The van der Waals surface area contributed by atoms with Gasteiger partial charge in [-0.15, -0.1) is 0 Å². The maximum atomic E-state index is 11.9. The molecule has 0 saturated carbocycles. The molecule has 1 aromatic heterocycles. The molecule has 2 unspecified atom stereocenters. The molecule has 5 heteroatoms. The molecule has 0 bridgehead atoms. The molecule has 18 heavy (non-hydrogen) atoms. The van der Waals surface area contributed by atoms with Crippen molar-refractivity contribution in [1.82, 2.24) is 20.5 Å². The van der Waals surface area contributed by atoms with Crippen LogP contribution in [0, 0.1) is 0 Å². The quantitative estimate of drug-likeness (QED) is 0.753. The minimum absolute atomic E-state index is 0.0635. The molecule has 2 saturated heterocycles. The van der Waals surface area contributed by atoms with Crippen LogP contribution in [0.15, 0.2) is 18.5 Å². The van der Waals surface area contributed by atoms with E-state index >= 15 is 0 Å². The van der Waals surface area contributed by atoms with Gasteiger partial charge in [-0.3, -0.25) is 0 Å². The van der Waals surface area contributed by atoms with Gasteiger partial charge < -0.3 is 20.5 Å². The van der Waals surface area contributed by atoms with Crippen molar-refractivity contribution in [3.8, 4) is 0 Å². The van der Waals surface area contributed by atoms with Gasteiger partial charge in [-0.25, -0.2) is 4.79 Å². The van der Waals surface area contributed by atoms with Crippen LogP contribution in [-0.2, 0) is 0 Å². The van der Waals surface area contributed by atoms with Crippen LogP contribution >= 0.6 is 0 Å². The molecule has 0 aliphatic carbocycles. The molecule has 0 radical (unpaired) electrons. The molecule has 1 aromatic rings. The summed E-state index contributed by atoms with van der Waals surface area (Å²) in [6, 6.07) is 2.68. The van der Waals surface area contributed by atoms with E-state index in [1.165, 1.54) is 19.3 Å². The van der Waals surface area contributed by atoms with Gasteiger partial charge in [0.25, 0.3) is 0 Å². The highest BCUT2D eigenvalue weighted by molar-refractivity contribution is 5.77. The molecular formula is C13H20N4O. The number of nitrogens with one attached hydrogen (secondary N) is 3. The van der Waals surface area contributed by atoms with Crippen molar-refractivity contribution in [1.29, 1.82) is 0 Å². The van der Waals surface area contributed by atoms with E-state index in [4.69, 9.17) is 0 Å². The zero-order chi connectivity index (χ0) is 12.4. The zero-order valence-corrected chi connectivity index (χ0v) is 10.5. The highest BCUT2D eigenvalue weighted by Crippen LogP contribution is 2.20. The Bertz CT molecular complexity index is 397. The largest absolute Gasteiger partial charge is 0.367 e. The average molecular weight is 248 g/mol. The molecule has 2 aliphatic rings. The summed E-state index contributed by atoms with van der Waals surface area (Å²) >= 11 is 0. The smallest absolute Gasteiger partial charge is 0.318 e. The number of aromatic amines is 1. The fraction of sp³-hybridized carbons (Fsp3) is 0.615. The summed E-state index contributed by atoms with van der Waals surface area (Å²) in [5.41, 5.74) is 1.16. The minimum Gasteiger partial charge on any atom is -0.367 e. The Labute approximate surface area is 107 Å². The van der Waals surface area contributed by atoms with E-state index < -0.39 is 0 Å². The van der Waals surface area contributed by atoms with Gasteiger partial charge in [-0.1, -0.05) is 6.42 Å². The number of nitrogens with zero attached hydrogens (tertiary/aromatic N) is 1. The summed E-state index contributed by atoms with van der Waals surface area (Å²) in [5.74, 6) is 0. The third kappa shape index (κ3) is 2.36. The molecule has 98 valence electrons. The fourth-order valence-corrected chi connectivity index (χ4v) is 2.83. The Balaban J connectivity index is 1.58. The lowest BCUT2D eigenvalue weighted by atomic mass is 10.0. The second-order valence-corrected chi connectivity index (χ2v) is 5.20. The van der Waals surface area contributed by atoms with Crippen LogP contribution in [0.4, 0.5) is 4.79 Å². The molecule has 2 aliphatic heterocycles. The van der Waals surface area contributed by atoms with Gasteiger partial charge in [0, 0.05) is 31.5 Å². The molecular weight excluding hydrogens is 228 g/mol. The Morgan fingerprint density at radius 2 is 2.33 bits per heavy atom. The van der Waals surface area contributed by atoms with Crippen LogP contribution in [-0.4, -0.2) is 41.6 Å². The topological polar surface area (TPSA) is 60.2 Å². The van der Waals surface area contributed by atoms with Gasteiger partial charge in [-0.2, -0.15) is 0 Å². The van der Waals surface area contributed by atoms with E-state index in [9.17, 15) is 4.79 Å². The second-order valence-electron chi connectivity index (χ2n) is 5.20. The number of carbonyl (C=O) groups is 1. The van der Waals surface area contributed by atoms with E-state index in [1.54, 1.807) is 0 Å². The van der Waals surface area contributed by atoms with Crippen molar-refractivity contribution >= 4 is 6.03 Å². The maximum absolute atomic E-state index is 11.9. The highest BCUT2D eigenvalue weighted by atomic mass is 16.2. The molecule has 5 nitrogen and oxygen atoms in total. The summed E-state index contributed by atoms with van der Waals surface area (Å²) in [6.45, 7) is 2.68. The molecule has 2 fully saturated rings. The van der Waals surface area contributed by atoms with Gasteiger partial charge in [0.05, 0.1) is 6.04 Å². The number of hydrogen-bond acceptors (Lipinski definition) is 2. The van der Waals surface area contributed by atoms with E-state index in [1.807, 2.05) is 23.4 Å². The number of hydrogen-bond donors (Lipinski definition) is 3. The number of urea groups is 1. The first kappa shape index (κ1) is 11.6. The molecule has 2 amide bonds. The van der Waals surface area contributed by atoms with Gasteiger partial charge in [-0.05, 0) is 31.0 Å². The predicted octanol–water partition coefficient (Wildman–Crippen LogP) is 1.22. The summed E-state index contributed by atoms with van der Waals surface area (Å²) in [5, 5.41) is 6.52. The third-order valence-corrected chi connectivity index (χ3v) is 3.87. The van der Waals surface area contributed by atoms with Gasteiger partial charge in [0.2, 0.25) is 0 Å². The molecule has 0 aromatic carbocycles. The molecule has 3 rings (SSSR count). The predicted molar refractivity (Wildman–Crippen MR) is 69.3 cm³/mol. The van der Waals surface area contributed by atoms with Crippen LogP contribution in [0.25, 0.3) is 0 Å². The van der Waals surface area contributed by atoms with Crippen LogP contribution < -0.4 is 10.6 Å². The minimum atomic E-state index is 0.0635. The standard InChI is InChI=1S/C13H20N4O/c18-13-16-12(10-4-6-14-7-10)9-17(13)8-11-3-1-2-5-15-11/h4,6-7,11-12,14-15H,1-3,5,8-9H2,(H,16,18). The van der Waals surface area contributed by atoms with Crippen LogP contribution in [0.3, 0.4) is 0 Å². The van der Waals surface area contributed by atoms with E-state index in [0.29, 0.717) is 6.04 Å². The van der Waals surface area contributed by atoms with Crippen molar-refractivity contribution in [2.75, 3.05) is 19.6 Å². The van der Waals surface area contributed by atoms with Crippen molar-refractivity contribution in [2.45, 2.75) is 31.3 Å². The Kier molecular flexibility index (Phi) is 3.23. The monoisotopic (exact) mass is 248 g/mol. The van der Waals surface area contributed by atoms with Crippen LogP contribution in [0.1, 0.15) is 30.9 Å². The number of rotatable bonds is 3. The summed E-state index contributed by atoms with van der Waals surface area (Å²) in [7, 11) is 0. The zero-order valence-electron chi connectivity index (χ0n) is 10.5. The van der Waals surface area contributed by atoms with Crippen molar-refractivity contribution in [2.24, 2.45) is 0 Å². The number of amides is 2. The van der Waals surface area contributed by atoms with E-state index in [2.05, 4.69) is 15.6 Å². The Morgan fingerprint density at radius 3 is 3.06 bits per heavy atom. The first-order valence-electron chi connectivity index (χ1n) is 6.74. The summed E-state index contributed by atoms with van der Waals surface area (Å²) in [4.78, 5) is 16.9. The number of H-pyrrole nitrogens is 1. The first-order valence-corrected chi connectivity index (χ1v) is 6.74. The van der Waals surface area contributed by atoms with Crippen LogP contribution in [0.2, 0.25) is 0 Å². The first-order chi connectivity index (χ1) is 8.83. The second kappa shape index (κ2) is 5.02. The Morgan fingerprint density at radius 1 is 1.39 bits per heavy atom. The van der Waals surface area contributed by atoms with Gasteiger partial charge in [0.1, 0.15) is 0 Å². The van der Waals surface area contributed by atoms with Crippen molar-refractivity contribution < 1.29 is 4.79 Å². The van der Waals surface area contributed by atoms with Crippen LogP contribution in [0.5, 0.6) is 0 Å². The lowest BCUT2D eigenvalue weighted by Crippen LogP contribution is -2.44. The number of carbonyl (C=O) groups excluding carboxylic acids is 1. The molecule has 0 spiro atoms. The summed E-state index contributed by atoms with van der Waals surface area (Å²) < 4.78 is 0. The van der Waals surface area contributed by atoms with Crippen molar-refractivity contribution in [3.63, 3.8) is 0 Å². The average Bonchev–Trinajstić information content (AvgIpc) is 3.01. The highest BCUT2D eigenvalue weighted by Gasteiger charge is 2.31. The summed E-state index contributed by atoms with van der Waals surface area (Å²) in [6.07, 6.45) is 7.56. The lowest BCUT2D eigenvalue weighted by Gasteiger charge is -2.27. The number of piperidine rings is 1. The normalized spacial score (nSPS) is 28.4. The molecule has 2 atom stereocenters. The van der Waals surface area contributed by atoms with Crippen molar-refractivity contribution in [3.05, 3.63) is 24.0 Å². The maximum Gasteiger partial charge on any atom is 0.318 e. The van der Waals surface area contributed by atoms with E-state index in [-0.39, 0.29) is 12.1 Å². The molecule has 3 heterocycles. The van der Waals surface area contributed by atoms with E-state index in [0.717, 1.165) is 25.2 Å². The molecule has 3 N–H and O–H groups in total. The van der Waals surface area contributed by atoms with Gasteiger partial charge >= 0.3 is 6.03 Å². The van der Waals surface area contributed by atoms with Gasteiger partial charge in [0.15, 0.2) is 0 Å². The fourth-order valence-electron chi connectivity index (χ4n) is 2.83. The Hall–Kier alpha value is -1.49. The third-order valence-electron chi connectivity index (χ3n) is 3.87. The SMILES string of the molecule is O=C1NC(c2cc[nH]c2)CN1CC1CCCCN1. The number of aromatic nitrogens is 1.